The monoisotopic (exact) mass is 340 g/mol. The van der Waals surface area contributed by atoms with Gasteiger partial charge in [-0.25, -0.2) is 0 Å². The van der Waals surface area contributed by atoms with Gasteiger partial charge in [-0.2, -0.15) is 0 Å². The summed E-state index contributed by atoms with van der Waals surface area (Å²) in [6, 6.07) is 0. The van der Waals surface area contributed by atoms with Crippen molar-refractivity contribution in [2.45, 2.75) is 36.9 Å². The molecule has 2 bridgehead atoms. The number of amides is 1. The normalized spacial score (nSPS) is 37.2. The molecule has 0 spiro atoms. The molecule has 4 atom stereocenters. The molecule has 23 heavy (non-hydrogen) atoms. The van der Waals surface area contributed by atoms with Crippen LogP contribution < -0.4 is 5.32 Å². The van der Waals surface area contributed by atoms with E-state index >= 15 is 0 Å². The van der Waals surface area contributed by atoms with Gasteiger partial charge in [0.25, 0.3) is 5.91 Å². The van der Waals surface area contributed by atoms with Crippen LogP contribution in [0.25, 0.3) is 0 Å². The van der Waals surface area contributed by atoms with E-state index in [1.165, 1.54) is 6.08 Å². The highest BCUT2D eigenvalue weighted by Crippen LogP contribution is 2.47. The fourth-order valence-corrected chi connectivity index (χ4v) is 4.33. The summed E-state index contributed by atoms with van der Waals surface area (Å²) in [4.78, 5) is 13.1. The number of aliphatic hydroxyl groups excluding tert-OH is 1. The molecule has 0 saturated carbocycles. The van der Waals surface area contributed by atoms with E-state index in [0.717, 1.165) is 12.6 Å². The van der Waals surface area contributed by atoms with E-state index in [4.69, 9.17) is 9.47 Å². The summed E-state index contributed by atoms with van der Waals surface area (Å²) in [5.74, 6) is 0.220. The number of aliphatic hydroxyl groups is 1. The van der Waals surface area contributed by atoms with E-state index in [-0.39, 0.29) is 5.91 Å². The van der Waals surface area contributed by atoms with Crippen LogP contribution in [0.2, 0.25) is 0 Å². The van der Waals surface area contributed by atoms with Crippen LogP contribution in [-0.2, 0) is 14.3 Å². The Bertz CT molecular complexity index is 599. The summed E-state index contributed by atoms with van der Waals surface area (Å²) in [6.45, 7) is 7.59. The Morgan fingerprint density at radius 3 is 2.96 bits per heavy atom. The van der Waals surface area contributed by atoms with E-state index in [1.807, 2.05) is 0 Å². The zero-order chi connectivity index (χ0) is 16.8. The number of ether oxygens (including phenoxy) is 2. The van der Waals surface area contributed by atoms with Gasteiger partial charge in [0.15, 0.2) is 6.23 Å². The third-order valence-electron chi connectivity index (χ3n) is 4.70. The zero-order valence-corrected chi connectivity index (χ0v) is 14.6. The Labute approximate surface area is 137 Å². The van der Waals surface area contributed by atoms with Crippen molar-refractivity contribution < 1.29 is 19.4 Å². The second-order valence-corrected chi connectivity index (χ2v) is 11.5. The summed E-state index contributed by atoms with van der Waals surface area (Å²) >= 11 is 0. The van der Waals surface area contributed by atoms with Gasteiger partial charge >= 0.3 is 0 Å². The van der Waals surface area contributed by atoms with Crippen LogP contribution in [0.4, 0.5) is 0 Å². The highest BCUT2D eigenvalue weighted by Gasteiger charge is 2.59. The van der Waals surface area contributed by atoms with E-state index in [1.54, 1.807) is 11.1 Å². The Balaban J connectivity index is 1.82. The van der Waals surface area contributed by atoms with Crippen molar-refractivity contribution in [2.75, 3.05) is 26.1 Å². The first kappa shape index (κ1) is 16.8. The smallest absolute Gasteiger partial charge is 0.250 e. The van der Waals surface area contributed by atoms with Crippen molar-refractivity contribution in [2.24, 2.45) is 0 Å². The largest absolute Gasteiger partial charge is 0.387 e. The Morgan fingerprint density at radius 2 is 2.30 bits per heavy atom. The van der Waals surface area contributed by atoms with Crippen LogP contribution in [-0.4, -0.2) is 72.3 Å². The molecule has 128 valence electrons. The Morgan fingerprint density at radius 1 is 1.57 bits per heavy atom. The molecule has 7 heteroatoms. The first-order valence-corrected chi connectivity index (χ1v) is 10.9. The third-order valence-corrected chi connectivity index (χ3v) is 6.14. The summed E-state index contributed by atoms with van der Waals surface area (Å²) in [5.41, 5.74) is -0.599. The van der Waals surface area contributed by atoms with Crippen LogP contribution in [0.5, 0.6) is 0 Å². The van der Waals surface area contributed by atoms with Crippen molar-refractivity contribution in [3.63, 3.8) is 0 Å². The lowest BCUT2D eigenvalue weighted by Gasteiger charge is -2.36. The molecule has 0 radical (unpaired) electrons. The van der Waals surface area contributed by atoms with Crippen LogP contribution in [0.1, 0.15) is 12.8 Å². The van der Waals surface area contributed by atoms with Crippen LogP contribution >= 0.6 is 6.89 Å². The maximum atomic E-state index is 11.4. The molecule has 0 aromatic rings. The van der Waals surface area contributed by atoms with Gasteiger partial charge in [-0.1, -0.05) is 6.58 Å². The first-order chi connectivity index (χ1) is 10.7. The second kappa shape index (κ2) is 5.78. The number of fused-ring (bicyclic) bond motifs is 2. The van der Waals surface area contributed by atoms with E-state index in [0.29, 0.717) is 18.8 Å². The molecule has 2 saturated heterocycles. The molecule has 0 aromatic carbocycles. The van der Waals surface area contributed by atoms with Crippen molar-refractivity contribution >= 4 is 19.1 Å². The molecule has 2 fully saturated rings. The van der Waals surface area contributed by atoms with Gasteiger partial charge in [-0.15, -0.1) is 13.2 Å². The fraction of sp³-hybridized carbons (Fsp3) is 0.625. The summed E-state index contributed by atoms with van der Waals surface area (Å²) in [6.07, 6.45) is 8.07. The van der Waals surface area contributed by atoms with Crippen molar-refractivity contribution in [3.8, 4) is 0 Å². The predicted octanol–water partition coefficient (Wildman–Crippen LogP) is 0.747. The molecule has 1 amide bonds. The van der Waals surface area contributed by atoms with Gasteiger partial charge in [-0.05, 0) is 25.9 Å². The average Bonchev–Trinajstić information content (AvgIpc) is 2.61. The van der Waals surface area contributed by atoms with Crippen LogP contribution in [0, 0.1) is 0 Å². The lowest BCUT2D eigenvalue weighted by Crippen LogP contribution is -2.50. The van der Waals surface area contributed by atoms with Crippen molar-refractivity contribution in [1.29, 1.82) is 0 Å². The number of rotatable bonds is 4. The quantitative estimate of drug-likeness (QED) is 0.739. The predicted molar refractivity (Wildman–Crippen MR) is 91.6 cm³/mol. The molecule has 3 aliphatic heterocycles. The zero-order valence-electron chi connectivity index (χ0n) is 13.7. The SMILES string of the molecule is C=C1NC(=O)C=CN1[C@@H]1O[C@@]2(CCP(=C)(C)C)CCO[C@@H]1[C@@H]2O. The third kappa shape index (κ3) is 3.13. The summed E-state index contributed by atoms with van der Waals surface area (Å²) < 4.78 is 12.1. The number of hydrogen-bond acceptors (Lipinski definition) is 5. The minimum absolute atomic E-state index is 0.216. The topological polar surface area (TPSA) is 71.0 Å². The highest BCUT2D eigenvalue weighted by atomic mass is 31.2. The van der Waals surface area contributed by atoms with Crippen LogP contribution in [0.3, 0.4) is 0 Å². The first-order valence-electron chi connectivity index (χ1n) is 7.83. The van der Waals surface area contributed by atoms with Gasteiger partial charge in [0.1, 0.15) is 23.6 Å². The Hall–Kier alpha value is -1.07. The van der Waals surface area contributed by atoms with E-state index in [9.17, 15) is 9.90 Å². The number of carbonyl (C=O) groups excluding carboxylic acids is 1. The molecule has 0 unspecified atom stereocenters. The van der Waals surface area contributed by atoms with Gasteiger partial charge in [0, 0.05) is 18.7 Å². The number of nitrogens with one attached hydrogen (secondary N) is 1. The molecule has 3 rings (SSSR count). The molecule has 3 heterocycles. The summed E-state index contributed by atoms with van der Waals surface area (Å²) in [5, 5.41) is 13.4. The van der Waals surface area contributed by atoms with E-state index < -0.39 is 30.9 Å². The standard InChI is InChI=1S/C16H25N2O4P/c1-11-17-12(19)5-8-18(11)15-13-14(20)16(22-15,6-9-21-13)7-10-23(2,3)4/h5,8,13-15,20H,1-2,6-7,9-10H2,3-4H3,(H,17,19)/t13-,14+,15-,16-/m1/s1. The van der Waals surface area contributed by atoms with Crippen molar-refractivity contribution in [1.82, 2.24) is 10.2 Å². The van der Waals surface area contributed by atoms with Gasteiger partial charge in [0.05, 0.1) is 6.61 Å². The molecule has 3 aliphatic rings. The molecule has 2 N–H and O–H groups in total. The summed E-state index contributed by atoms with van der Waals surface area (Å²) in [7, 11) is 0. The lowest BCUT2D eigenvalue weighted by atomic mass is 9.87. The van der Waals surface area contributed by atoms with Gasteiger partial charge < -0.3 is 24.8 Å². The number of carbonyl (C=O) groups is 1. The van der Waals surface area contributed by atoms with Gasteiger partial charge in [0.2, 0.25) is 0 Å². The van der Waals surface area contributed by atoms with Crippen LogP contribution in [0.15, 0.2) is 24.7 Å². The highest BCUT2D eigenvalue weighted by molar-refractivity contribution is 7.72. The average molecular weight is 340 g/mol. The number of nitrogens with zero attached hydrogens (tertiary/aromatic N) is 1. The molecule has 0 aliphatic carbocycles. The minimum atomic E-state index is -1.20. The Kier molecular flexibility index (Phi) is 4.21. The molecule has 6 nitrogen and oxygen atoms in total. The van der Waals surface area contributed by atoms with E-state index in [2.05, 4.69) is 31.5 Å². The number of hydrogen-bond donors (Lipinski definition) is 2. The second-order valence-electron chi connectivity index (χ2n) is 7.17. The van der Waals surface area contributed by atoms with Gasteiger partial charge in [-0.3, -0.25) is 4.79 Å². The molecule has 0 aromatic heterocycles. The lowest BCUT2D eigenvalue weighted by molar-refractivity contribution is -0.126. The molecular weight excluding hydrogens is 315 g/mol. The maximum Gasteiger partial charge on any atom is 0.250 e. The van der Waals surface area contributed by atoms with Crippen molar-refractivity contribution in [3.05, 3.63) is 24.7 Å². The fourth-order valence-electron chi connectivity index (χ4n) is 3.34. The maximum absolute atomic E-state index is 11.4. The minimum Gasteiger partial charge on any atom is -0.387 e. The molecular formula is C16H25N2O4P.